The Hall–Kier alpha value is -1.86. The van der Waals surface area contributed by atoms with E-state index < -0.39 is 8.07 Å². The van der Waals surface area contributed by atoms with Gasteiger partial charge in [-0.25, -0.2) is 0 Å². The summed E-state index contributed by atoms with van der Waals surface area (Å²) in [5.74, 6) is 0. The maximum absolute atomic E-state index is 2.62. The van der Waals surface area contributed by atoms with Crippen LogP contribution >= 0.6 is 0 Å². The van der Waals surface area contributed by atoms with Gasteiger partial charge in [-0.1, -0.05) is 93.2 Å². The van der Waals surface area contributed by atoms with E-state index in [1.807, 2.05) is 0 Å². The van der Waals surface area contributed by atoms with E-state index in [4.69, 9.17) is 0 Å². The molecular formula is C23H26Si. The lowest BCUT2D eigenvalue weighted by Gasteiger charge is -2.35. The van der Waals surface area contributed by atoms with Crippen molar-refractivity contribution in [2.45, 2.75) is 43.9 Å². The highest BCUT2D eigenvalue weighted by molar-refractivity contribution is 6.81. The normalized spacial score (nSPS) is 21.5. The van der Waals surface area contributed by atoms with Crippen LogP contribution in [0.2, 0.25) is 13.1 Å². The van der Waals surface area contributed by atoms with Crippen molar-refractivity contribution >= 4 is 19.7 Å². The van der Waals surface area contributed by atoms with Crippen molar-refractivity contribution in [2.24, 2.45) is 0 Å². The fourth-order valence-corrected chi connectivity index (χ4v) is 8.36. The molecule has 2 aliphatic rings. The molecule has 2 atom stereocenters. The van der Waals surface area contributed by atoms with Crippen LogP contribution in [0.5, 0.6) is 0 Å². The molecule has 1 heteroatoms. The molecule has 0 N–H and O–H groups in total. The monoisotopic (exact) mass is 330 g/mol. The lowest BCUT2D eigenvalue weighted by Crippen LogP contribution is -2.39. The van der Waals surface area contributed by atoms with Crippen molar-refractivity contribution in [1.82, 2.24) is 0 Å². The molecule has 0 fully saturated rings. The summed E-state index contributed by atoms with van der Waals surface area (Å²) in [5.41, 5.74) is 8.88. The van der Waals surface area contributed by atoms with Gasteiger partial charge >= 0.3 is 0 Å². The van der Waals surface area contributed by atoms with Gasteiger partial charge in [-0.15, -0.1) is 0 Å². The van der Waals surface area contributed by atoms with E-state index in [-0.39, 0.29) is 0 Å². The Morgan fingerprint density at radius 1 is 0.875 bits per heavy atom. The predicted molar refractivity (Wildman–Crippen MR) is 108 cm³/mol. The van der Waals surface area contributed by atoms with Crippen molar-refractivity contribution in [1.29, 1.82) is 0 Å². The van der Waals surface area contributed by atoms with Gasteiger partial charge in [-0.3, -0.25) is 0 Å². The highest BCUT2D eigenvalue weighted by Gasteiger charge is 2.43. The van der Waals surface area contributed by atoms with Crippen LogP contribution in [0, 0.1) is 0 Å². The maximum atomic E-state index is 2.62. The quantitative estimate of drug-likeness (QED) is 0.556. The van der Waals surface area contributed by atoms with Gasteiger partial charge in [-0.05, 0) is 45.3 Å². The molecule has 0 aliphatic heterocycles. The summed E-state index contributed by atoms with van der Waals surface area (Å²) in [7, 11) is -1.57. The summed E-state index contributed by atoms with van der Waals surface area (Å²) < 4.78 is 0. The second-order valence-electron chi connectivity index (χ2n) is 7.79. The molecule has 0 bridgehead atoms. The Morgan fingerprint density at radius 2 is 1.58 bits per heavy atom. The average Bonchev–Trinajstić information content (AvgIpc) is 3.18. The third kappa shape index (κ3) is 2.34. The molecule has 0 nitrogen and oxygen atoms in total. The Labute approximate surface area is 146 Å². The van der Waals surface area contributed by atoms with Crippen molar-refractivity contribution in [2.75, 3.05) is 0 Å². The SMILES string of the molecule is CCCC1=CC([Si](C)(C)C2C=Cc3ccccc32)c2ccccc21. The van der Waals surface area contributed by atoms with Gasteiger partial charge in [0.25, 0.3) is 0 Å². The van der Waals surface area contributed by atoms with Crippen molar-refractivity contribution in [3.05, 3.63) is 82.9 Å². The number of fused-ring (bicyclic) bond motifs is 2. The molecule has 4 rings (SSSR count). The first-order valence-electron chi connectivity index (χ1n) is 9.20. The van der Waals surface area contributed by atoms with Crippen LogP contribution < -0.4 is 0 Å². The molecule has 0 radical (unpaired) electrons. The number of allylic oxidation sites excluding steroid dienone is 3. The fraction of sp³-hybridized carbons (Fsp3) is 0.304. The topological polar surface area (TPSA) is 0 Å². The van der Waals surface area contributed by atoms with E-state index in [0.717, 1.165) is 0 Å². The van der Waals surface area contributed by atoms with Crippen LogP contribution in [-0.2, 0) is 0 Å². The van der Waals surface area contributed by atoms with E-state index in [1.165, 1.54) is 24.0 Å². The summed E-state index contributed by atoms with van der Waals surface area (Å²) in [4.78, 5) is 0. The summed E-state index contributed by atoms with van der Waals surface area (Å²) in [6.45, 7) is 7.45. The smallest absolute Gasteiger partial charge is 0.0715 e. The van der Waals surface area contributed by atoms with Gasteiger partial charge < -0.3 is 0 Å². The molecule has 0 aromatic heterocycles. The molecule has 2 aromatic rings. The van der Waals surface area contributed by atoms with Crippen LogP contribution in [-0.4, -0.2) is 8.07 Å². The van der Waals surface area contributed by atoms with E-state index in [1.54, 1.807) is 16.7 Å². The number of rotatable bonds is 4. The summed E-state index contributed by atoms with van der Waals surface area (Å²) in [6.07, 6.45) is 9.86. The van der Waals surface area contributed by atoms with Crippen LogP contribution in [0.3, 0.4) is 0 Å². The van der Waals surface area contributed by atoms with Gasteiger partial charge in [0, 0.05) is 0 Å². The molecule has 24 heavy (non-hydrogen) atoms. The molecule has 0 saturated carbocycles. The van der Waals surface area contributed by atoms with Gasteiger partial charge in [0.15, 0.2) is 0 Å². The second-order valence-corrected chi connectivity index (χ2v) is 12.7. The van der Waals surface area contributed by atoms with Crippen molar-refractivity contribution < 1.29 is 0 Å². The summed E-state index contributed by atoms with van der Waals surface area (Å²) in [5, 5.41) is 0. The van der Waals surface area contributed by atoms with Gasteiger partial charge in [0.05, 0.1) is 8.07 Å². The van der Waals surface area contributed by atoms with Gasteiger partial charge in [0.2, 0.25) is 0 Å². The third-order valence-corrected chi connectivity index (χ3v) is 10.1. The van der Waals surface area contributed by atoms with E-state index in [0.29, 0.717) is 11.1 Å². The van der Waals surface area contributed by atoms with Crippen molar-refractivity contribution in [3.8, 4) is 0 Å². The third-order valence-electron chi connectivity index (χ3n) is 5.93. The van der Waals surface area contributed by atoms with Crippen molar-refractivity contribution in [3.63, 3.8) is 0 Å². The lowest BCUT2D eigenvalue weighted by atomic mass is 10.0. The van der Waals surface area contributed by atoms with Crippen LogP contribution in [0.15, 0.2) is 60.7 Å². The Balaban J connectivity index is 1.77. The molecule has 0 amide bonds. The number of hydrogen-bond acceptors (Lipinski definition) is 0. The zero-order valence-corrected chi connectivity index (χ0v) is 15.9. The molecule has 2 aromatic carbocycles. The van der Waals surface area contributed by atoms with Crippen LogP contribution in [0.1, 0.15) is 53.1 Å². The molecular weight excluding hydrogens is 304 g/mol. The molecule has 2 aliphatic carbocycles. The standard InChI is InChI=1S/C23H26Si/c1-4-9-18-16-23(21-13-8-7-11-19(18)21)24(2,3)22-15-14-17-10-5-6-12-20(17)22/h5-8,10-16,22-23H,4,9H2,1-3H3. The fourth-order valence-electron chi connectivity index (χ4n) is 4.64. The van der Waals surface area contributed by atoms with E-state index in [2.05, 4.69) is 86.8 Å². The average molecular weight is 331 g/mol. The summed E-state index contributed by atoms with van der Waals surface area (Å²) in [6, 6.07) is 18.1. The maximum Gasteiger partial charge on any atom is 0.0715 e. The highest BCUT2D eigenvalue weighted by atomic mass is 28.3. The Kier molecular flexibility index (Phi) is 3.84. The number of benzene rings is 2. The minimum Gasteiger partial charge on any atom is -0.0791 e. The van der Waals surface area contributed by atoms with Gasteiger partial charge in [0.1, 0.15) is 0 Å². The Morgan fingerprint density at radius 3 is 2.38 bits per heavy atom. The first kappa shape index (κ1) is 15.7. The van der Waals surface area contributed by atoms with Crippen LogP contribution in [0.4, 0.5) is 0 Å². The number of hydrogen-bond donors (Lipinski definition) is 0. The van der Waals surface area contributed by atoms with E-state index in [9.17, 15) is 0 Å². The minimum absolute atomic E-state index is 0.615. The lowest BCUT2D eigenvalue weighted by molar-refractivity contribution is 0.974. The zero-order chi connectivity index (χ0) is 16.7. The summed E-state index contributed by atoms with van der Waals surface area (Å²) >= 11 is 0. The molecule has 2 unspecified atom stereocenters. The highest BCUT2D eigenvalue weighted by Crippen LogP contribution is 2.49. The molecule has 0 saturated heterocycles. The van der Waals surface area contributed by atoms with Gasteiger partial charge in [-0.2, -0.15) is 0 Å². The largest absolute Gasteiger partial charge is 0.0791 e. The second kappa shape index (κ2) is 5.89. The minimum atomic E-state index is -1.57. The first-order valence-corrected chi connectivity index (χ1v) is 12.4. The molecule has 0 heterocycles. The first-order chi connectivity index (χ1) is 11.6. The Bertz CT molecular complexity index is 825. The predicted octanol–water partition coefficient (Wildman–Crippen LogP) is 6.56. The molecule has 122 valence electrons. The van der Waals surface area contributed by atoms with Crippen LogP contribution in [0.25, 0.3) is 11.6 Å². The zero-order valence-electron chi connectivity index (χ0n) is 14.9. The van der Waals surface area contributed by atoms with E-state index >= 15 is 0 Å². The molecule has 0 spiro atoms.